The molecule has 1 unspecified atom stereocenters. The van der Waals surface area contributed by atoms with Crippen LogP contribution in [0.2, 0.25) is 0 Å². The quantitative estimate of drug-likeness (QED) is 0.435. The molecular formula is C11H21N3O2. The number of guanidine groups is 1. The number of piperidine rings is 1. The zero-order valence-corrected chi connectivity index (χ0v) is 10.1. The van der Waals surface area contributed by atoms with Gasteiger partial charge < -0.3 is 15.4 Å². The Morgan fingerprint density at radius 2 is 2.38 bits per heavy atom. The average Bonchev–Trinajstić information content (AvgIpc) is 2.28. The number of carbonyl (C=O) groups is 1. The van der Waals surface area contributed by atoms with Crippen molar-refractivity contribution in [2.45, 2.75) is 26.2 Å². The number of ether oxygens (including phenoxy) is 1. The zero-order chi connectivity index (χ0) is 12.0. The summed E-state index contributed by atoms with van der Waals surface area (Å²) in [4.78, 5) is 17.2. The van der Waals surface area contributed by atoms with Crippen LogP contribution < -0.4 is 5.73 Å². The van der Waals surface area contributed by atoms with Gasteiger partial charge in [0.15, 0.2) is 5.96 Å². The van der Waals surface area contributed by atoms with Gasteiger partial charge in [-0.25, -0.2) is 0 Å². The standard InChI is InChI=1S/C11H21N3O2/c1-9-4-3-7-14(8-9)11(12)13-6-5-10(15)16-2/h9H,3-8H2,1-2H3,(H2,12,13). The first-order chi connectivity index (χ1) is 7.63. The molecule has 2 N–H and O–H groups in total. The van der Waals surface area contributed by atoms with Gasteiger partial charge in [-0.2, -0.15) is 0 Å². The number of rotatable bonds is 3. The second-order valence-corrected chi connectivity index (χ2v) is 4.26. The minimum atomic E-state index is -0.247. The molecule has 1 aliphatic heterocycles. The van der Waals surface area contributed by atoms with Crippen LogP contribution in [0.4, 0.5) is 0 Å². The third-order valence-corrected chi connectivity index (χ3v) is 2.80. The first-order valence-electron chi connectivity index (χ1n) is 5.75. The molecule has 0 spiro atoms. The van der Waals surface area contributed by atoms with E-state index in [1.807, 2.05) is 0 Å². The maximum atomic E-state index is 10.9. The monoisotopic (exact) mass is 227 g/mol. The molecule has 0 amide bonds. The summed E-state index contributed by atoms with van der Waals surface area (Å²) in [5.41, 5.74) is 5.86. The smallest absolute Gasteiger partial charge is 0.307 e. The Bertz CT molecular complexity index is 266. The molecule has 1 rings (SSSR count). The fourth-order valence-corrected chi connectivity index (χ4v) is 1.86. The fraction of sp³-hybridized carbons (Fsp3) is 0.818. The highest BCUT2D eigenvalue weighted by atomic mass is 16.5. The van der Waals surface area contributed by atoms with E-state index < -0.39 is 0 Å². The molecule has 16 heavy (non-hydrogen) atoms. The molecule has 0 aromatic rings. The molecule has 0 radical (unpaired) electrons. The summed E-state index contributed by atoms with van der Waals surface area (Å²) in [7, 11) is 1.38. The Hall–Kier alpha value is -1.26. The summed E-state index contributed by atoms with van der Waals surface area (Å²) in [5, 5.41) is 0. The highest BCUT2D eigenvalue weighted by Gasteiger charge is 2.17. The number of likely N-dealkylation sites (tertiary alicyclic amines) is 1. The lowest BCUT2D eigenvalue weighted by molar-refractivity contribution is -0.140. The number of nitrogens with zero attached hydrogens (tertiary/aromatic N) is 2. The second kappa shape index (κ2) is 6.35. The molecule has 5 heteroatoms. The van der Waals surface area contributed by atoms with E-state index in [1.54, 1.807) is 0 Å². The lowest BCUT2D eigenvalue weighted by Gasteiger charge is -2.31. The molecule has 1 fully saturated rings. The van der Waals surface area contributed by atoms with Crippen molar-refractivity contribution in [3.8, 4) is 0 Å². The predicted molar refractivity (Wildman–Crippen MR) is 63.1 cm³/mol. The van der Waals surface area contributed by atoms with E-state index in [0.717, 1.165) is 19.5 Å². The van der Waals surface area contributed by atoms with Gasteiger partial charge >= 0.3 is 5.97 Å². The maximum Gasteiger partial charge on any atom is 0.307 e. The van der Waals surface area contributed by atoms with Crippen molar-refractivity contribution < 1.29 is 9.53 Å². The number of aliphatic imine (C=N–C) groups is 1. The molecule has 1 atom stereocenters. The Morgan fingerprint density at radius 1 is 1.62 bits per heavy atom. The summed E-state index contributed by atoms with van der Waals surface area (Å²) in [6, 6.07) is 0. The average molecular weight is 227 g/mol. The molecule has 5 nitrogen and oxygen atoms in total. The van der Waals surface area contributed by atoms with Crippen LogP contribution in [-0.4, -0.2) is 43.6 Å². The maximum absolute atomic E-state index is 10.9. The van der Waals surface area contributed by atoms with Crippen molar-refractivity contribution in [2.24, 2.45) is 16.6 Å². The highest BCUT2D eigenvalue weighted by Crippen LogP contribution is 2.14. The number of hydrogen-bond donors (Lipinski definition) is 1. The van der Waals surface area contributed by atoms with Gasteiger partial charge in [0.2, 0.25) is 0 Å². The van der Waals surface area contributed by atoms with Crippen molar-refractivity contribution in [2.75, 3.05) is 26.7 Å². The Labute approximate surface area is 96.7 Å². The van der Waals surface area contributed by atoms with Crippen molar-refractivity contribution >= 4 is 11.9 Å². The number of esters is 1. The van der Waals surface area contributed by atoms with Crippen LogP contribution in [0.5, 0.6) is 0 Å². The van der Waals surface area contributed by atoms with Gasteiger partial charge in [-0.15, -0.1) is 0 Å². The van der Waals surface area contributed by atoms with Crippen LogP contribution in [0, 0.1) is 5.92 Å². The summed E-state index contributed by atoms with van der Waals surface area (Å²) < 4.78 is 4.53. The van der Waals surface area contributed by atoms with Crippen molar-refractivity contribution in [1.29, 1.82) is 0 Å². The Balaban J connectivity index is 2.34. The molecule has 92 valence electrons. The lowest BCUT2D eigenvalue weighted by atomic mass is 10.0. The molecule has 0 saturated carbocycles. The molecule has 0 bridgehead atoms. The molecular weight excluding hydrogens is 206 g/mol. The molecule has 0 aromatic carbocycles. The van der Waals surface area contributed by atoms with Gasteiger partial charge in [0.25, 0.3) is 0 Å². The van der Waals surface area contributed by atoms with Crippen molar-refractivity contribution in [3.63, 3.8) is 0 Å². The third-order valence-electron chi connectivity index (χ3n) is 2.80. The SMILES string of the molecule is COC(=O)CCN=C(N)N1CCCC(C)C1. The Morgan fingerprint density at radius 3 is 3.00 bits per heavy atom. The van der Waals surface area contributed by atoms with Crippen LogP contribution in [0.25, 0.3) is 0 Å². The largest absolute Gasteiger partial charge is 0.469 e. The topological polar surface area (TPSA) is 67.9 Å². The molecule has 1 saturated heterocycles. The van der Waals surface area contributed by atoms with E-state index in [9.17, 15) is 4.79 Å². The molecule has 1 aliphatic rings. The first-order valence-corrected chi connectivity index (χ1v) is 5.75. The number of methoxy groups -OCH3 is 1. The van der Waals surface area contributed by atoms with Crippen molar-refractivity contribution in [3.05, 3.63) is 0 Å². The van der Waals surface area contributed by atoms with Crippen LogP contribution in [0.15, 0.2) is 4.99 Å². The number of nitrogens with two attached hydrogens (primary N) is 1. The van der Waals surface area contributed by atoms with Gasteiger partial charge in [0.1, 0.15) is 0 Å². The van der Waals surface area contributed by atoms with Crippen LogP contribution >= 0.6 is 0 Å². The van der Waals surface area contributed by atoms with E-state index in [1.165, 1.54) is 13.5 Å². The zero-order valence-electron chi connectivity index (χ0n) is 10.1. The normalized spacial score (nSPS) is 22.0. The van der Waals surface area contributed by atoms with Crippen LogP contribution in [-0.2, 0) is 9.53 Å². The molecule has 0 aromatic heterocycles. The van der Waals surface area contributed by atoms with E-state index in [0.29, 0.717) is 24.8 Å². The summed E-state index contributed by atoms with van der Waals surface area (Å²) in [6.45, 7) is 4.56. The van der Waals surface area contributed by atoms with Gasteiger partial charge in [-0.1, -0.05) is 6.92 Å². The molecule has 0 aliphatic carbocycles. The summed E-state index contributed by atoms with van der Waals surface area (Å²) >= 11 is 0. The van der Waals surface area contributed by atoms with Gasteiger partial charge in [-0.3, -0.25) is 9.79 Å². The van der Waals surface area contributed by atoms with Crippen molar-refractivity contribution in [1.82, 2.24) is 4.90 Å². The van der Waals surface area contributed by atoms with E-state index >= 15 is 0 Å². The number of carbonyl (C=O) groups excluding carboxylic acids is 1. The predicted octanol–water partition coefficient (Wildman–Crippen LogP) is 0.596. The lowest BCUT2D eigenvalue weighted by Crippen LogP contribution is -2.43. The second-order valence-electron chi connectivity index (χ2n) is 4.26. The third kappa shape index (κ3) is 4.08. The van der Waals surface area contributed by atoms with Gasteiger partial charge in [0.05, 0.1) is 20.1 Å². The molecule has 1 heterocycles. The number of hydrogen-bond acceptors (Lipinski definition) is 3. The van der Waals surface area contributed by atoms with E-state index in [-0.39, 0.29) is 5.97 Å². The van der Waals surface area contributed by atoms with Crippen LogP contribution in [0.3, 0.4) is 0 Å². The fourth-order valence-electron chi connectivity index (χ4n) is 1.86. The minimum absolute atomic E-state index is 0.247. The summed E-state index contributed by atoms with van der Waals surface area (Å²) in [6.07, 6.45) is 2.71. The van der Waals surface area contributed by atoms with Gasteiger partial charge in [-0.05, 0) is 18.8 Å². The minimum Gasteiger partial charge on any atom is -0.469 e. The Kier molecular flexibility index (Phi) is 5.08. The highest BCUT2D eigenvalue weighted by molar-refractivity contribution is 5.78. The van der Waals surface area contributed by atoms with Gasteiger partial charge in [0, 0.05) is 13.1 Å². The van der Waals surface area contributed by atoms with E-state index in [2.05, 4.69) is 21.6 Å². The van der Waals surface area contributed by atoms with Crippen LogP contribution in [0.1, 0.15) is 26.2 Å². The summed E-state index contributed by atoms with van der Waals surface area (Å²) in [5.74, 6) is 0.974. The van der Waals surface area contributed by atoms with E-state index in [4.69, 9.17) is 5.73 Å². The first kappa shape index (κ1) is 12.8.